The number of anilines is 1. The molecule has 8 nitrogen and oxygen atoms in total. The third kappa shape index (κ3) is 5.72. The Kier molecular flexibility index (Phi) is 9.35. The van der Waals surface area contributed by atoms with Crippen LogP contribution >= 0.6 is 23.7 Å². The zero-order chi connectivity index (χ0) is 23.2. The summed E-state index contributed by atoms with van der Waals surface area (Å²) in [5.41, 5.74) is 1.24. The minimum atomic E-state index is -0.118. The van der Waals surface area contributed by atoms with Crippen molar-refractivity contribution in [2.24, 2.45) is 0 Å². The molecule has 1 saturated heterocycles. The van der Waals surface area contributed by atoms with E-state index < -0.39 is 0 Å². The normalized spacial score (nSPS) is 13.9. The van der Waals surface area contributed by atoms with E-state index in [0.29, 0.717) is 40.0 Å². The van der Waals surface area contributed by atoms with Crippen LogP contribution in [0.4, 0.5) is 5.13 Å². The number of hydrogen-bond acceptors (Lipinski definition) is 8. The van der Waals surface area contributed by atoms with Gasteiger partial charge in [-0.15, -0.1) is 12.4 Å². The van der Waals surface area contributed by atoms with Gasteiger partial charge in [0.2, 0.25) is 0 Å². The maximum atomic E-state index is 13.6. The van der Waals surface area contributed by atoms with Crippen molar-refractivity contribution in [3.8, 4) is 17.2 Å². The summed E-state index contributed by atoms with van der Waals surface area (Å²) in [6.07, 6.45) is 0.819. The third-order valence-electron chi connectivity index (χ3n) is 5.65. The number of carbonyl (C=O) groups is 1. The summed E-state index contributed by atoms with van der Waals surface area (Å²) < 4.78 is 22.7. The van der Waals surface area contributed by atoms with Crippen LogP contribution in [0.5, 0.6) is 17.2 Å². The molecule has 2 heterocycles. The van der Waals surface area contributed by atoms with E-state index in [2.05, 4.69) is 4.90 Å². The van der Waals surface area contributed by atoms with Crippen LogP contribution in [0.15, 0.2) is 36.4 Å². The number of fused-ring (bicyclic) bond motifs is 1. The highest BCUT2D eigenvalue weighted by atomic mass is 35.5. The van der Waals surface area contributed by atoms with Gasteiger partial charge in [-0.25, -0.2) is 4.98 Å². The fourth-order valence-electron chi connectivity index (χ4n) is 3.86. The molecule has 184 valence electrons. The van der Waals surface area contributed by atoms with Crippen LogP contribution < -0.4 is 19.1 Å². The number of carbonyl (C=O) groups excluding carboxylic acids is 1. The molecular weight excluding hydrogens is 478 g/mol. The van der Waals surface area contributed by atoms with Crippen LogP contribution in [0.2, 0.25) is 0 Å². The average molecular weight is 508 g/mol. The quantitative estimate of drug-likeness (QED) is 0.431. The van der Waals surface area contributed by atoms with E-state index in [9.17, 15) is 4.79 Å². The van der Waals surface area contributed by atoms with E-state index in [1.165, 1.54) is 11.3 Å². The second-order valence-corrected chi connectivity index (χ2v) is 8.62. The third-order valence-corrected chi connectivity index (χ3v) is 6.74. The lowest BCUT2D eigenvalue weighted by Gasteiger charge is -2.27. The Labute approximate surface area is 209 Å². The number of ether oxygens (including phenoxy) is 4. The molecule has 34 heavy (non-hydrogen) atoms. The lowest BCUT2D eigenvalue weighted by atomic mass is 10.2. The smallest absolute Gasteiger partial charge is 0.260 e. The Morgan fingerprint density at radius 2 is 1.82 bits per heavy atom. The molecule has 0 radical (unpaired) electrons. The molecule has 1 aliphatic heterocycles. The Hall–Kier alpha value is -2.59. The number of morpholine rings is 1. The second kappa shape index (κ2) is 12.2. The van der Waals surface area contributed by atoms with Crippen molar-refractivity contribution in [1.29, 1.82) is 0 Å². The number of rotatable bonds is 9. The van der Waals surface area contributed by atoms with E-state index in [4.69, 9.17) is 23.9 Å². The van der Waals surface area contributed by atoms with Gasteiger partial charge in [-0.3, -0.25) is 14.6 Å². The first-order chi connectivity index (χ1) is 16.1. The van der Waals surface area contributed by atoms with Crippen LogP contribution in [0.1, 0.15) is 16.8 Å². The maximum Gasteiger partial charge on any atom is 0.260 e. The largest absolute Gasteiger partial charge is 0.497 e. The van der Waals surface area contributed by atoms with Crippen LogP contribution in [0.3, 0.4) is 0 Å². The topological polar surface area (TPSA) is 73.4 Å². The summed E-state index contributed by atoms with van der Waals surface area (Å²) in [4.78, 5) is 22.5. The fourth-order valence-corrected chi connectivity index (χ4v) is 4.96. The maximum absolute atomic E-state index is 13.6. The van der Waals surface area contributed by atoms with E-state index in [0.717, 1.165) is 44.0 Å². The number of benzene rings is 2. The average Bonchev–Trinajstić information content (AvgIpc) is 3.31. The van der Waals surface area contributed by atoms with Gasteiger partial charge < -0.3 is 18.9 Å². The number of nitrogens with zero attached hydrogens (tertiary/aromatic N) is 3. The lowest BCUT2D eigenvalue weighted by Crippen LogP contribution is -2.39. The fraction of sp³-hybridized carbons (Fsp3) is 0.417. The van der Waals surface area contributed by atoms with Gasteiger partial charge in [-0.1, -0.05) is 17.4 Å². The van der Waals surface area contributed by atoms with E-state index >= 15 is 0 Å². The Morgan fingerprint density at radius 3 is 2.53 bits per heavy atom. The molecule has 10 heteroatoms. The summed E-state index contributed by atoms with van der Waals surface area (Å²) in [5.74, 6) is 1.88. The zero-order valence-corrected chi connectivity index (χ0v) is 21.2. The SMILES string of the molecule is COc1cccc(C(=O)N(CCCN2CCOCC2)c2nc3c(OC)ccc(OC)c3s2)c1.Cl. The van der Waals surface area contributed by atoms with Gasteiger partial charge in [0.1, 0.15) is 27.5 Å². The molecule has 0 unspecified atom stereocenters. The van der Waals surface area contributed by atoms with Gasteiger partial charge >= 0.3 is 0 Å². The molecule has 0 atom stereocenters. The highest BCUT2D eigenvalue weighted by Crippen LogP contribution is 2.40. The first-order valence-electron chi connectivity index (χ1n) is 10.9. The molecule has 0 bridgehead atoms. The highest BCUT2D eigenvalue weighted by molar-refractivity contribution is 7.22. The highest BCUT2D eigenvalue weighted by Gasteiger charge is 2.24. The molecule has 4 rings (SSSR count). The predicted molar refractivity (Wildman–Crippen MR) is 137 cm³/mol. The summed E-state index contributed by atoms with van der Waals surface area (Å²) in [6.45, 7) is 4.77. The van der Waals surface area contributed by atoms with Crippen molar-refractivity contribution in [2.75, 3.05) is 65.6 Å². The Balaban J connectivity index is 0.00000324. The Morgan fingerprint density at radius 1 is 1.09 bits per heavy atom. The van der Waals surface area contributed by atoms with Crippen molar-refractivity contribution in [1.82, 2.24) is 9.88 Å². The van der Waals surface area contributed by atoms with Gasteiger partial charge in [0, 0.05) is 31.7 Å². The molecule has 1 amide bonds. The number of hydrogen-bond donors (Lipinski definition) is 0. The van der Waals surface area contributed by atoms with Crippen molar-refractivity contribution < 1.29 is 23.7 Å². The molecule has 1 aliphatic rings. The summed E-state index contributed by atoms with van der Waals surface area (Å²) >= 11 is 1.43. The van der Waals surface area contributed by atoms with Crippen LogP contribution in [-0.4, -0.2) is 76.5 Å². The zero-order valence-electron chi connectivity index (χ0n) is 19.6. The van der Waals surface area contributed by atoms with Crippen LogP contribution in [-0.2, 0) is 4.74 Å². The van der Waals surface area contributed by atoms with Crippen molar-refractivity contribution in [3.63, 3.8) is 0 Å². The van der Waals surface area contributed by atoms with Crippen molar-refractivity contribution in [2.45, 2.75) is 6.42 Å². The van der Waals surface area contributed by atoms with Crippen molar-refractivity contribution >= 4 is 45.0 Å². The van der Waals surface area contributed by atoms with Crippen molar-refractivity contribution in [3.05, 3.63) is 42.0 Å². The molecule has 0 saturated carbocycles. The molecule has 0 aliphatic carbocycles. The number of methoxy groups -OCH3 is 3. The second-order valence-electron chi connectivity index (χ2n) is 7.64. The number of halogens is 1. The number of amides is 1. The molecule has 1 fully saturated rings. The Bertz CT molecular complexity index is 1060. The van der Waals surface area contributed by atoms with Gasteiger partial charge in [0.25, 0.3) is 5.91 Å². The van der Waals surface area contributed by atoms with Gasteiger partial charge in [-0.2, -0.15) is 0 Å². The summed E-state index contributed by atoms with van der Waals surface area (Å²) in [7, 11) is 4.83. The summed E-state index contributed by atoms with van der Waals surface area (Å²) in [6, 6.07) is 10.9. The lowest BCUT2D eigenvalue weighted by molar-refractivity contribution is 0.0376. The molecule has 3 aromatic rings. The molecule has 2 aromatic carbocycles. The minimum Gasteiger partial charge on any atom is -0.497 e. The van der Waals surface area contributed by atoms with E-state index in [1.807, 2.05) is 24.3 Å². The first-order valence-corrected chi connectivity index (χ1v) is 11.7. The van der Waals surface area contributed by atoms with Crippen LogP contribution in [0, 0.1) is 0 Å². The molecular formula is C24H30ClN3O5S. The first kappa shape index (κ1) is 26.0. The van der Waals surface area contributed by atoms with Crippen LogP contribution in [0.25, 0.3) is 10.2 Å². The van der Waals surface area contributed by atoms with E-state index in [-0.39, 0.29) is 18.3 Å². The van der Waals surface area contributed by atoms with Gasteiger partial charge in [0.05, 0.1) is 34.5 Å². The monoisotopic (exact) mass is 507 g/mol. The standard InChI is InChI=1S/C24H29N3O5S.ClH/c1-29-18-7-4-6-17(16-18)23(28)27(11-5-10-26-12-14-32-15-13-26)24-25-21-19(30-2)8-9-20(31-3)22(21)33-24;/h4,6-9,16H,5,10-15H2,1-3H3;1H. The predicted octanol–water partition coefficient (Wildman–Crippen LogP) is 4.11. The number of aromatic nitrogens is 1. The minimum absolute atomic E-state index is 0. The molecule has 0 N–H and O–H groups in total. The van der Waals surface area contributed by atoms with Gasteiger partial charge in [0.15, 0.2) is 5.13 Å². The van der Waals surface area contributed by atoms with E-state index in [1.54, 1.807) is 38.4 Å². The number of thiazole rings is 1. The van der Waals surface area contributed by atoms with Gasteiger partial charge in [-0.05, 0) is 36.8 Å². The molecule has 0 spiro atoms. The molecule has 1 aromatic heterocycles. The summed E-state index contributed by atoms with van der Waals surface area (Å²) in [5, 5.41) is 0.614.